The van der Waals surface area contributed by atoms with Gasteiger partial charge in [-0.25, -0.2) is 9.97 Å². The molecule has 0 saturated carbocycles. The molecule has 0 bridgehead atoms. The Bertz CT molecular complexity index is 691. The van der Waals surface area contributed by atoms with Gasteiger partial charge in [0, 0.05) is 49.2 Å². The molecule has 1 saturated heterocycles. The van der Waals surface area contributed by atoms with Crippen LogP contribution >= 0.6 is 0 Å². The fraction of sp³-hybridized carbons (Fsp3) is 0.474. The highest BCUT2D eigenvalue weighted by molar-refractivity contribution is 5.76. The number of carbonyl (C=O) groups excluding carboxylic acids is 1. The summed E-state index contributed by atoms with van der Waals surface area (Å²) in [6.45, 7) is 5.72. The van der Waals surface area contributed by atoms with Crippen molar-refractivity contribution in [3.8, 4) is 0 Å². The highest BCUT2D eigenvalue weighted by Crippen LogP contribution is 2.19. The third kappa shape index (κ3) is 4.98. The van der Waals surface area contributed by atoms with Crippen LogP contribution in [0.3, 0.4) is 0 Å². The van der Waals surface area contributed by atoms with Gasteiger partial charge in [-0.1, -0.05) is 6.07 Å². The minimum atomic E-state index is 0.109. The van der Waals surface area contributed by atoms with Gasteiger partial charge in [0.05, 0.1) is 0 Å². The van der Waals surface area contributed by atoms with E-state index in [1.54, 1.807) is 6.20 Å². The lowest BCUT2D eigenvalue weighted by Gasteiger charge is -2.33. The van der Waals surface area contributed by atoms with Crippen molar-refractivity contribution in [3.05, 3.63) is 47.7 Å². The third-order valence-electron chi connectivity index (χ3n) is 4.47. The normalized spacial score (nSPS) is 15.2. The molecule has 0 radical (unpaired) electrons. The van der Waals surface area contributed by atoms with Crippen LogP contribution in [-0.4, -0.2) is 40.0 Å². The molecule has 6 heteroatoms. The average molecular weight is 339 g/mol. The second-order valence-corrected chi connectivity index (χ2v) is 6.56. The molecule has 0 spiro atoms. The summed E-state index contributed by atoms with van der Waals surface area (Å²) in [7, 11) is 0. The number of rotatable bonds is 5. The zero-order chi connectivity index (χ0) is 17.6. The molecule has 0 aromatic carbocycles. The smallest absolute Gasteiger partial charge is 0.220 e. The highest BCUT2D eigenvalue weighted by atomic mass is 16.1. The molecule has 25 heavy (non-hydrogen) atoms. The maximum absolute atomic E-state index is 12.2. The fourth-order valence-electron chi connectivity index (χ4n) is 3.20. The standard InChI is InChI=1S/C19H25N5O/c1-14-13-18(22-15(2)21-14)24-11-8-17(9-12-24)23-19(25)7-6-16-5-3-4-10-20-16/h3-5,10,13,17H,6-9,11-12H2,1-2H3,(H,23,25). The van der Waals surface area contributed by atoms with Crippen molar-refractivity contribution in [1.82, 2.24) is 20.3 Å². The van der Waals surface area contributed by atoms with Crippen LogP contribution in [0.2, 0.25) is 0 Å². The first-order chi connectivity index (χ1) is 12.1. The van der Waals surface area contributed by atoms with Crippen LogP contribution in [0.1, 0.15) is 36.5 Å². The molecule has 0 aliphatic carbocycles. The van der Waals surface area contributed by atoms with E-state index in [-0.39, 0.29) is 11.9 Å². The molecule has 0 unspecified atom stereocenters. The number of amides is 1. The van der Waals surface area contributed by atoms with Gasteiger partial charge in [-0.3, -0.25) is 9.78 Å². The van der Waals surface area contributed by atoms with Crippen molar-refractivity contribution in [2.24, 2.45) is 0 Å². The Labute approximate surface area is 148 Å². The first-order valence-corrected chi connectivity index (χ1v) is 8.86. The van der Waals surface area contributed by atoms with Crippen molar-refractivity contribution in [2.45, 2.75) is 45.6 Å². The van der Waals surface area contributed by atoms with E-state index in [1.807, 2.05) is 38.1 Å². The molecule has 1 amide bonds. The Hall–Kier alpha value is -2.50. The van der Waals surface area contributed by atoms with Crippen LogP contribution in [0, 0.1) is 13.8 Å². The van der Waals surface area contributed by atoms with Crippen LogP contribution in [0.5, 0.6) is 0 Å². The number of aryl methyl sites for hydroxylation is 3. The molecule has 1 fully saturated rings. The van der Waals surface area contributed by atoms with Gasteiger partial charge in [-0.2, -0.15) is 0 Å². The van der Waals surface area contributed by atoms with E-state index in [0.29, 0.717) is 12.8 Å². The molecule has 1 N–H and O–H groups in total. The number of nitrogens with zero attached hydrogens (tertiary/aromatic N) is 4. The highest BCUT2D eigenvalue weighted by Gasteiger charge is 2.21. The van der Waals surface area contributed by atoms with Gasteiger partial charge in [0.15, 0.2) is 0 Å². The van der Waals surface area contributed by atoms with Crippen molar-refractivity contribution in [1.29, 1.82) is 0 Å². The molecule has 132 valence electrons. The summed E-state index contributed by atoms with van der Waals surface area (Å²) in [5, 5.41) is 3.16. The summed E-state index contributed by atoms with van der Waals surface area (Å²) in [6, 6.07) is 8.07. The zero-order valence-electron chi connectivity index (χ0n) is 14.9. The number of piperidine rings is 1. The van der Waals surface area contributed by atoms with Crippen molar-refractivity contribution in [3.63, 3.8) is 0 Å². The summed E-state index contributed by atoms with van der Waals surface area (Å²) in [6.07, 6.45) is 4.82. The number of carbonyl (C=O) groups is 1. The van der Waals surface area contributed by atoms with E-state index >= 15 is 0 Å². The Morgan fingerprint density at radius 2 is 2.04 bits per heavy atom. The lowest BCUT2D eigenvalue weighted by atomic mass is 10.0. The first-order valence-electron chi connectivity index (χ1n) is 8.86. The molecule has 1 aliphatic rings. The van der Waals surface area contributed by atoms with Crippen LogP contribution < -0.4 is 10.2 Å². The van der Waals surface area contributed by atoms with E-state index in [1.165, 1.54) is 0 Å². The summed E-state index contributed by atoms with van der Waals surface area (Å²) >= 11 is 0. The van der Waals surface area contributed by atoms with Crippen molar-refractivity contribution >= 4 is 11.7 Å². The van der Waals surface area contributed by atoms with Gasteiger partial charge >= 0.3 is 0 Å². The van der Waals surface area contributed by atoms with Gasteiger partial charge in [-0.05, 0) is 45.2 Å². The van der Waals surface area contributed by atoms with E-state index in [2.05, 4.69) is 25.2 Å². The summed E-state index contributed by atoms with van der Waals surface area (Å²) in [4.78, 5) is 27.5. The maximum Gasteiger partial charge on any atom is 0.220 e. The Morgan fingerprint density at radius 1 is 1.24 bits per heavy atom. The van der Waals surface area contributed by atoms with Crippen molar-refractivity contribution < 1.29 is 4.79 Å². The van der Waals surface area contributed by atoms with Crippen molar-refractivity contribution in [2.75, 3.05) is 18.0 Å². The SMILES string of the molecule is Cc1cc(N2CCC(NC(=O)CCc3ccccn3)CC2)nc(C)n1. The lowest BCUT2D eigenvalue weighted by Crippen LogP contribution is -2.45. The van der Waals surface area contributed by atoms with Gasteiger partial charge in [0.2, 0.25) is 5.91 Å². The predicted octanol–water partition coefficient (Wildman–Crippen LogP) is 2.21. The molecule has 3 rings (SSSR count). The van der Waals surface area contributed by atoms with E-state index < -0.39 is 0 Å². The van der Waals surface area contributed by atoms with E-state index in [4.69, 9.17) is 0 Å². The first kappa shape index (κ1) is 17.3. The molecule has 0 atom stereocenters. The third-order valence-corrected chi connectivity index (χ3v) is 4.47. The van der Waals surface area contributed by atoms with Gasteiger partial charge < -0.3 is 10.2 Å². The largest absolute Gasteiger partial charge is 0.356 e. The Kier molecular flexibility index (Phi) is 5.58. The topological polar surface area (TPSA) is 71.0 Å². The number of hydrogen-bond donors (Lipinski definition) is 1. The predicted molar refractivity (Wildman–Crippen MR) is 97.4 cm³/mol. The van der Waals surface area contributed by atoms with Crippen LogP contribution in [0.4, 0.5) is 5.82 Å². The summed E-state index contributed by atoms with van der Waals surface area (Å²) in [5.74, 6) is 1.91. The molecule has 6 nitrogen and oxygen atoms in total. The van der Waals surface area contributed by atoms with E-state index in [9.17, 15) is 4.79 Å². The molecular formula is C19H25N5O. The second-order valence-electron chi connectivity index (χ2n) is 6.56. The number of nitrogens with one attached hydrogen (secondary N) is 1. The van der Waals surface area contributed by atoms with E-state index in [0.717, 1.165) is 49.0 Å². The minimum Gasteiger partial charge on any atom is -0.356 e. The number of pyridine rings is 1. The minimum absolute atomic E-state index is 0.109. The van der Waals surface area contributed by atoms with Gasteiger partial charge in [0.1, 0.15) is 11.6 Å². The maximum atomic E-state index is 12.2. The molecule has 2 aromatic heterocycles. The molecule has 3 heterocycles. The van der Waals surface area contributed by atoms with Crippen LogP contribution in [-0.2, 0) is 11.2 Å². The zero-order valence-corrected chi connectivity index (χ0v) is 14.9. The lowest BCUT2D eigenvalue weighted by molar-refractivity contribution is -0.121. The second kappa shape index (κ2) is 8.05. The fourth-order valence-corrected chi connectivity index (χ4v) is 3.20. The molecule has 2 aromatic rings. The summed E-state index contributed by atoms with van der Waals surface area (Å²) in [5.41, 5.74) is 1.95. The number of aromatic nitrogens is 3. The Balaban J connectivity index is 1.45. The summed E-state index contributed by atoms with van der Waals surface area (Å²) < 4.78 is 0. The number of hydrogen-bond acceptors (Lipinski definition) is 5. The van der Waals surface area contributed by atoms with Gasteiger partial charge in [0.25, 0.3) is 0 Å². The monoisotopic (exact) mass is 339 g/mol. The van der Waals surface area contributed by atoms with Crippen LogP contribution in [0.15, 0.2) is 30.5 Å². The quantitative estimate of drug-likeness (QED) is 0.904. The van der Waals surface area contributed by atoms with Crippen LogP contribution in [0.25, 0.3) is 0 Å². The number of anilines is 1. The molecule has 1 aliphatic heterocycles. The van der Waals surface area contributed by atoms with Gasteiger partial charge in [-0.15, -0.1) is 0 Å². The Morgan fingerprint density at radius 3 is 2.72 bits per heavy atom. The average Bonchev–Trinajstić information content (AvgIpc) is 2.61. The molecular weight excluding hydrogens is 314 g/mol.